The van der Waals surface area contributed by atoms with Crippen molar-refractivity contribution in [3.63, 3.8) is 0 Å². The topological polar surface area (TPSA) is 38.3 Å². The van der Waals surface area contributed by atoms with Crippen molar-refractivity contribution in [1.29, 1.82) is 0 Å². The molecule has 126 valence electrons. The molecule has 1 unspecified atom stereocenters. The van der Waals surface area contributed by atoms with Gasteiger partial charge in [-0.25, -0.2) is 0 Å². The first-order valence-electron chi connectivity index (χ1n) is 8.85. The largest absolute Gasteiger partial charge is 0.484 e. The van der Waals surface area contributed by atoms with Gasteiger partial charge >= 0.3 is 0 Å². The van der Waals surface area contributed by atoms with Gasteiger partial charge in [0.1, 0.15) is 5.75 Å². The van der Waals surface area contributed by atoms with E-state index in [9.17, 15) is 4.79 Å². The second kappa shape index (κ2) is 8.00. The Hall–Kier alpha value is -2.29. The first-order chi connectivity index (χ1) is 11.8. The first kappa shape index (κ1) is 16.6. The lowest BCUT2D eigenvalue weighted by Gasteiger charge is -2.21. The highest BCUT2D eigenvalue weighted by Gasteiger charge is 2.16. The van der Waals surface area contributed by atoms with Gasteiger partial charge in [0.05, 0.1) is 6.04 Å². The van der Waals surface area contributed by atoms with E-state index in [0.29, 0.717) is 0 Å². The van der Waals surface area contributed by atoms with Crippen LogP contribution in [0.2, 0.25) is 0 Å². The predicted molar refractivity (Wildman–Crippen MR) is 96.2 cm³/mol. The zero-order valence-electron chi connectivity index (χ0n) is 14.3. The van der Waals surface area contributed by atoms with E-state index < -0.39 is 0 Å². The van der Waals surface area contributed by atoms with Crippen LogP contribution < -0.4 is 10.1 Å². The Balaban J connectivity index is 1.60. The number of aryl methyl sites for hydroxylation is 2. The second-order valence-corrected chi connectivity index (χ2v) is 6.37. The van der Waals surface area contributed by atoms with Gasteiger partial charge in [-0.1, -0.05) is 43.3 Å². The summed E-state index contributed by atoms with van der Waals surface area (Å²) in [5.41, 5.74) is 4.12. The molecule has 1 atom stereocenters. The van der Waals surface area contributed by atoms with E-state index in [-0.39, 0.29) is 18.6 Å². The van der Waals surface area contributed by atoms with Crippen LogP contribution in [0.25, 0.3) is 0 Å². The van der Waals surface area contributed by atoms with Gasteiger partial charge in [0.25, 0.3) is 5.91 Å². The van der Waals surface area contributed by atoms with Gasteiger partial charge in [0, 0.05) is 0 Å². The molecule has 1 aliphatic carbocycles. The van der Waals surface area contributed by atoms with Crippen molar-refractivity contribution < 1.29 is 9.53 Å². The van der Waals surface area contributed by atoms with E-state index in [0.717, 1.165) is 18.6 Å². The van der Waals surface area contributed by atoms with Crippen molar-refractivity contribution in [2.45, 2.75) is 45.1 Å². The summed E-state index contributed by atoms with van der Waals surface area (Å²) in [4.78, 5) is 12.2. The Labute approximate surface area is 144 Å². The van der Waals surface area contributed by atoms with Gasteiger partial charge in [0.2, 0.25) is 0 Å². The summed E-state index contributed by atoms with van der Waals surface area (Å²) in [7, 11) is 0. The maximum atomic E-state index is 12.2. The lowest BCUT2D eigenvalue weighted by atomic mass is 9.89. The molecule has 3 rings (SSSR count). The summed E-state index contributed by atoms with van der Waals surface area (Å²) >= 11 is 0. The molecule has 0 aliphatic heterocycles. The number of carbonyl (C=O) groups is 1. The number of benzene rings is 2. The Bertz CT molecular complexity index is 681. The molecule has 0 saturated carbocycles. The zero-order chi connectivity index (χ0) is 16.8. The monoisotopic (exact) mass is 323 g/mol. The highest BCUT2D eigenvalue weighted by Crippen LogP contribution is 2.26. The van der Waals surface area contributed by atoms with E-state index >= 15 is 0 Å². The van der Waals surface area contributed by atoms with E-state index in [4.69, 9.17) is 4.74 Å². The molecule has 1 amide bonds. The maximum Gasteiger partial charge on any atom is 0.258 e. The normalized spacial score (nSPS) is 14.5. The van der Waals surface area contributed by atoms with Crippen LogP contribution in [0.15, 0.2) is 48.5 Å². The third-order valence-electron chi connectivity index (χ3n) is 4.63. The van der Waals surface area contributed by atoms with Crippen molar-refractivity contribution in [2.24, 2.45) is 0 Å². The first-order valence-corrected chi connectivity index (χ1v) is 8.85. The smallest absolute Gasteiger partial charge is 0.258 e. The third-order valence-corrected chi connectivity index (χ3v) is 4.63. The Kier molecular flexibility index (Phi) is 5.52. The summed E-state index contributed by atoms with van der Waals surface area (Å²) < 4.78 is 5.53. The highest BCUT2D eigenvalue weighted by atomic mass is 16.5. The number of hydrogen-bond donors (Lipinski definition) is 1. The number of fused-ring (bicyclic) bond motifs is 1. The van der Waals surface area contributed by atoms with Crippen LogP contribution in [-0.4, -0.2) is 12.5 Å². The van der Waals surface area contributed by atoms with E-state index in [1.807, 2.05) is 30.3 Å². The number of rotatable bonds is 6. The molecule has 3 heteroatoms. The summed E-state index contributed by atoms with van der Waals surface area (Å²) in [6.45, 7) is 2.15. The molecule has 3 nitrogen and oxygen atoms in total. The minimum Gasteiger partial charge on any atom is -0.484 e. The fraction of sp³-hybridized carbons (Fsp3) is 0.381. The molecule has 2 aromatic carbocycles. The van der Waals surface area contributed by atoms with Gasteiger partial charge in [-0.15, -0.1) is 0 Å². The summed E-state index contributed by atoms with van der Waals surface area (Å²) in [6.07, 6.45) is 5.77. The number of para-hydroxylation sites is 1. The Morgan fingerprint density at radius 2 is 1.83 bits per heavy atom. The molecule has 0 radical (unpaired) electrons. The van der Waals surface area contributed by atoms with Crippen molar-refractivity contribution in [3.8, 4) is 5.75 Å². The number of nitrogens with one attached hydrogen (secondary N) is 1. The maximum absolute atomic E-state index is 12.2. The Morgan fingerprint density at radius 1 is 1.08 bits per heavy atom. The summed E-state index contributed by atoms with van der Waals surface area (Å²) in [5, 5.41) is 3.10. The van der Waals surface area contributed by atoms with E-state index in [1.165, 1.54) is 36.0 Å². The highest BCUT2D eigenvalue weighted by molar-refractivity contribution is 5.78. The summed E-state index contributed by atoms with van der Waals surface area (Å²) in [5.74, 6) is 0.637. The van der Waals surface area contributed by atoms with Crippen LogP contribution in [0.3, 0.4) is 0 Å². The molecule has 0 heterocycles. The minimum atomic E-state index is -0.0802. The molecule has 0 aromatic heterocycles. The molecule has 0 saturated heterocycles. The molecular formula is C21H25NO2. The molecular weight excluding hydrogens is 298 g/mol. The lowest BCUT2D eigenvalue weighted by molar-refractivity contribution is -0.123. The number of carbonyl (C=O) groups excluding carboxylic acids is 1. The molecule has 2 aromatic rings. The standard InChI is InChI=1S/C21H25NO2/c1-2-20(18-13-12-16-8-6-7-9-17(16)14-18)22-21(23)15-24-19-10-4-3-5-11-19/h3-5,10-14,20H,2,6-9,15H2,1H3,(H,22,23). The lowest BCUT2D eigenvalue weighted by Crippen LogP contribution is -2.32. The molecule has 0 fully saturated rings. The van der Waals surface area contributed by atoms with Crippen molar-refractivity contribution in [3.05, 3.63) is 65.2 Å². The average Bonchev–Trinajstić information content (AvgIpc) is 2.65. The van der Waals surface area contributed by atoms with Crippen LogP contribution in [0.5, 0.6) is 5.75 Å². The van der Waals surface area contributed by atoms with E-state index in [1.54, 1.807) is 0 Å². The SMILES string of the molecule is CCC(NC(=O)COc1ccccc1)c1ccc2c(c1)CCCC2. The van der Waals surface area contributed by atoms with Gasteiger partial charge in [-0.3, -0.25) is 4.79 Å². The minimum absolute atomic E-state index is 0.0455. The summed E-state index contributed by atoms with van der Waals surface area (Å²) in [6, 6.07) is 16.2. The molecule has 0 bridgehead atoms. The number of amides is 1. The van der Waals surface area contributed by atoms with Crippen LogP contribution in [0, 0.1) is 0 Å². The van der Waals surface area contributed by atoms with Gasteiger partial charge in [-0.05, 0) is 60.9 Å². The van der Waals surface area contributed by atoms with Gasteiger partial charge in [-0.2, -0.15) is 0 Å². The molecule has 0 spiro atoms. The van der Waals surface area contributed by atoms with E-state index in [2.05, 4.69) is 30.4 Å². The fourth-order valence-corrected chi connectivity index (χ4v) is 3.29. The van der Waals surface area contributed by atoms with Crippen LogP contribution in [-0.2, 0) is 17.6 Å². The number of ether oxygens (including phenoxy) is 1. The van der Waals surface area contributed by atoms with Crippen molar-refractivity contribution >= 4 is 5.91 Å². The fourth-order valence-electron chi connectivity index (χ4n) is 3.29. The predicted octanol–water partition coefficient (Wildman–Crippen LogP) is 4.21. The third kappa shape index (κ3) is 4.16. The van der Waals surface area contributed by atoms with Crippen LogP contribution in [0.4, 0.5) is 0 Å². The van der Waals surface area contributed by atoms with Gasteiger partial charge < -0.3 is 10.1 Å². The van der Waals surface area contributed by atoms with Gasteiger partial charge in [0.15, 0.2) is 6.61 Å². The Morgan fingerprint density at radius 3 is 2.58 bits per heavy atom. The van der Waals surface area contributed by atoms with Crippen molar-refractivity contribution in [1.82, 2.24) is 5.32 Å². The zero-order valence-corrected chi connectivity index (χ0v) is 14.3. The number of hydrogen-bond acceptors (Lipinski definition) is 2. The second-order valence-electron chi connectivity index (χ2n) is 6.37. The molecule has 24 heavy (non-hydrogen) atoms. The quantitative estimate of drug-likeness (QED) is 0.865. The van der Waals surface area contributed by atoms with Crippen LogP contribution in [0.1, 0.15) is 48.9 Å². The molecule has 1 N–H and O–H groups in total. The molecule has 1 aliphatic rings. The van der Waals surface area contributed by atoms with Crippen LogP contribution >= 0.6 is 0 Å². The average molecular weight is 323 g/mol. The van der Waals surface area contributed by atoms with Crippen molar-refractivity contribution in [2.75, 3.05) is 6.61 Å².